The van der Waals surface area contributed by atoms with Crippen molar-refractivity contribution in [3.8, 4) is 5.75 Å². The standard InChI is InChI=1S/C19H26N4O5/c1-27-13-3-4-14-15(11-13)20-18(19(26)28-2)17(14)21-16(25)12-23-7-5-22(6-8-23)9-10-24/h3-4,11,20,24H,5-10,12H2,1-2H3,(H,21,25). The molecule has 28 heavy (non-hydrogen) atoms. The van der Waals surface area contributed by atoms with Gasteiger partial charge in [-0.05, 0) is 12.1 Å². The van der Waals surface area contributed by atoms with Gasteiger partial charge in [-0.15, -0.1) is 0 Å². The number of ether oxygens (including phenoxy) is 2. The van der Waals surface area contributed by atoms with Crippen LogP contribution < -0.4 is 10.1 Å². The van der Waals surface area contributed by atoms with Crippen molar-refractivity contribution in [2.75, 3.05) is 65.4 Å². The van der Waals surface area contributed by atoms with Gasteiger partial charge in [-0.2, -0.15) is 0 Å². The van der Waals surface area contributed by atoms with Crippen molar-refractivity contribution in [3.05, 3.63) is 23.9 Å². The molecule has 1 fully saturated rings. The summed E-state index contributed by atoms with van der Waals surface area (Å²) in [5.41, 5.74) is 1.29. The van der Waals surface area contributed by atoms with E-state index in [-0.39, 0.29) is 24.8 Å². The molecule has 0 unspecified atom stereocenters. The second-order valence-electron chi connectivity index (χ2n) is 6.67. The number of aromatic amines is 1. The lowest BCUT2D eigenvalue weighted by Crippen LogP contribution is -2.49. The number of methoxy groups -OCH3 is 2. The molecule has 0 bridgehead atoms. The highest BCUT2D eigenvalue weighted by Crippen LogP contribution is 2.31. The molecule has 1 aromatic heterocycles. The van der Waals surface area contributed by atoms with Crippen molar-refractivity contribution in [1.29, 1.82) is 0 Å². The van der Waals surface area contributed by atoms with Gasteiger partial charge in [-0.25, -0.2) is 4.79 Å². The number of aliphatic hydroxyl groups excluding tert-OH is 1. The number of anilines is 1. The third kappa shape index (κ3) is 4.44. The van der Waals surface area contributed by atoms with Gasteiger partial charge in [-0.1, -0.05) is 0 Å². The second kappa shape index (κ2) is 9.05. The fourth-order valence-electron chi connectivity index (χ4n) is 3.38. The molecule has 0 atom stereocenters. The van der Waals surface area contributed by atoms with Crippen molar-refractivity contribution in [3.63, 3.8) is 0 Å². The van der Waals surface area contributed by atoms with Gasteiger partial charge in [0.25, 0.3) is 0 Å². The highest BCUT2D eigenvalue weighted by atomic mass is 16.5. The van der Waals surface area contributed by atoms with E-state index in [4.69, 9.17) is 14.6 Å². The van der Waals surface area contributed by atoms with E-state index in [9.17, 15) is 9.59 Å². The zero-order valence-electron chi connectivity index (χ0n) is 16.2. The molecule has 1 aromatic carbocycles. The number of fused-ring (bicyclic) bond motifs is 1. The third-order valence-corrected chi connectivity index (χ3v) is 4.91. The maximum atomic E-state index is 12.6. The maximum Gasteiger partial charge on any atom is 0.356 e. The Labute approximate surface area is 163 Å². The molecular weight excluding hydrogens is 364 g/mol. The van der Waals surface area contributed by atoms with Gasteiger partial charge in [0, 0.05) is 44.2 Å². The summed E-state index contributed by atoms with van der Waals surface area (Å²) in [5, 5.41) is 12.6. The summed E-state index contributed by atoms with van der Waals surface area (Å²) >= 11 is 0. The summed E-state index contributed by atoms with van der Waals surface area (Å²) in [4.78, 5) is 32.0. The van der Waals surface area contributed by atoms with Crippen molar-refractivity contribution in [2.45, 2.75) is 0 Å². The number of aromatic nitrogens is 1. The average molecular weight is 390 g/mol. The van der Waals surface area contributed by atoms with Crippen LogP contribution in [0, 0.1) is 0 Å². The maximum absolute atomic E-state index is 12.6. The number of hydrogen-bond donors (Lipinski definition) is 3. The van der Waals surface area contributed by atoms with Crippen LogP contribution >= 0.6 is 0 Å². The number of H-pyrrole nitrogens is 1. The summed E-state index contributed by atoms with van der Waals surface area (Å²) in [6.45, 7) is 4.16. The van der Waals surface area contributed by atoms with Gasteiger partial charge in [0.2, 0.25) is 5.91 Å². The molecule has 0 saturated carbocycles. The number of β-amino-alcohol motifs (C(OH)–C–C–N with tert-alkyl or cyclic N) is 1. The number of nitrogens with zero attached hydrogens (tertiary/aromatic N) is 2. The lowest BCUT2D eigenvalue weighted by molar-refractivity contribution is -0.117. The molecule has 152 valence electrons. The molecule has 1 saturated heterocycles. The third-order valence-electron chi connectivity index (χ3n) is 4.91. The van der Waals surface area contributed by atoms with Crippen LogP contribution in [0.1, 0.15) is 10.5 Å². The molecule has 0 radical (unpaired) electrons. The number of rotatable bonds is 7. The minimum Gasteiger partial charge on any atom is -0.497 e. The first-order chi connectivity index (χ1) is 13.5. The molecule has 9 heteroatoms. The van der Waals surface area contributed by atoms with E-state index in [2.05, 4.69) is 20.1 Å². The Hall–Kier alpha value is -2.62. The minimum absolute atomic E-state index is 0.141. The van der Waals surface area contributed by atoms with Crippen molar-refractivity contribution in [2.24, 2.45) is 0 Å². The monoisotopic (exact) mass is 390 g/mol. The number of benzene rings is 1. The number of aliphatic hydroxyl groups is 1. The first-order valence-corrected chi connectivity index (χ1v) is 9.19. The molecule has 0 spiro atoms. The predicted molar refractivity (Wildman–Crippen MR) is 105 cm³/mol. The second-order valence-corrected chi connectivity index (χ2v) is 6.67. The number of hydrogen-bond acceptors (Lipinski definition) is 7. The van der Waals surface area contributed by atoms with Crippen LogP contribution in [0.2, 0.25) is 0 Å². The van der Waals surface area contributed by atoms with E-state index in [1.165, 1.54) is 7.11 Å². The molecule has 2 heterocycles. The number of esters is 1. The normalized spacial score (nSPS) is 15.5. The zero-order chi connectivity index (χ0) is 20.1. The van der Waals surface area contributed by atoms with Crippen LogP contribution in [-0.2, 0) is 9.53 Å². The highest BCUT2D eigenvalue weighted by molar-refractivity contribution is 6.11. The lowest BCUT2D eigenvalue weighted by Gasteiger charge is -2.33. The first-order valence-electron chi connectivity index (χ1n) is 9.19. The molecular formula is C19H26N4O5. The Kier molecular flexibility index (Phi) is 6.50. The number of carbonyl (C=O) groups is 2. The lowest BCUT2D eigenvalue weighted by atomic mass is 10.2. The number of piperazine rings is 1. The number of carbonyl (C=O) groups excluding carboxylic acids is 2. The molecule has 0 aliphatic carbocycles. The summed E-state index contributed by atoms with van der Waals surface area (Å²) < 4.78 is 10.1. The predicted octanol–water partition coefficient (Wildman–Crippen LogP) is 0.512. The van der Waals surface area contributed by atoms with Gasteiger partial charge >= 0.3 is 5.97 Å². The van der Waals surface area contributed by atoms with Crippen molar-refractivity contribution < 1.29 is 24.2 Å². The fourth-order valence-corrected chi connectivity index (χ4v) is 3.38. The van der Waals surface area contributed by atoms with Crippen LogP contribution in [0.5, 0.6) is 5.75 Å². The van der Waals surface area contributed by atoms with Gasteiger partial charge < -0.3 is 24.9 Å². The molecule has 9 nitrogen and oxygen atoms in total. The first kappa shape index (κ1) is 20.1. The van der Waals surface area contributed by atoms with E-state index < -0.39 is 5.97 Å². The van der Waals surface area contributed by atoms with E-state index >= 15 is 0 Å². The summed E-state index contributed by atoms with van der Waals surface area (Å²) in [7, 11) is 2.86. The summed E-state index contributed by atoms with van der Waals surface area (Å²) in [6.07, 6.45) is 0. The Bertz CT molecular complexity index is 842. The Morgan fingerprint density at radius 3 is 2.54 bits per heavy atom. The Morgan fingerprint density at radius 1 is 1.18 bits per heavy atom. The molecule has 2 aromatic rings. The minimum atomic E-state index is -0.553. The highest BCUT2D eigenvalue weighted by Gasteiger charge is 2.23. The number of nitrogens with one attached hydrogen (secondary N) is 2. The fraction of sp³-hybridized carbons (Fsp3) is 0.474. The number of amides is 1. The summed E-state index contributed by atoms with van der Waals surface area (Å²) in [6, 6.07) is 5.32. The topological polar surface area (TPSA) is 107 Å². The van der Waals surface area contributed by atoms with Gasteiger partial charge in [0.05, 0.1) is 38.6 Å². The Balaban J connectivity index is 1.73. The van der Waals surface area contributed by atoms with Gasteiger partial charge in [0.1, 0.15) is 11.4 Å². The quantitative estimate of drug-likeness (QED) is 0.592. The molecule has 1 aliphatic rings. The molecule has 3 rings (SSSR count). The van der Waals surface area contributed by atoms with Crippen LogP contribution in [-0.4, -0.2) is 91.9 Å². The van der Waals surface area contributed by atoms with Crippen LogP contribution in [0.3, 0.4) is 0 Å². The van der Waals surface area contributed by atoms with Gasteiger partial charge in [-0.3, -0.25) is 14.6 Å². The van der Waals surface area contributed by atoms with Crippen molar-refractivity contribution >= 4 is 28.5 Å². The van der Waals surface area contributed by atoms with Gasteiger partial charge in [0.15, 0.2) is 0 Å². The molecule has 1 aliphatic heterocycles. The van der Waals surface area contributed by atoms with E-state index in [1.54, 1.807) is 25.3 Å². The smallest absolute Gasteiger partial charge is 0.356 e. The average Bonchev–Trinajstić information content (AvgIpc) is 3.06. The molecule has 3 N–H and O–H groups in total. The van der Waals surface area contributed by atoms with Crippen molar-refractivity contribution in [1.82, 2.24) is 14.8 Å². The summed E-state index contributed by atoms with van der Waals surface area (Å²) in [5.74, 6) is -0.107. The molecule has 1 amide bonds. The van der Waals surface area contributed by atoms with Crippen LogP contribution in [0.4, 0.5) is 5.69 Å². The van der Waals surface area contributed by atoms with E-state index in [0.29, 0.717) is 28.9 Å². The SMILES string of the molecule is COC(=O)c1[nH]c2cc(OC)ccc2c1NC(=O)CN1CCN(CCO)CC1. The zero-order valence-corrected chi connectivity index (χ0v) is 16.2. The van der Waals surface area contributed by atoms with Crippen LogP contribution in [0.25, 0.3) is 10.9 Å². The van der Waals surface area contributed by atoms with E-state index in [1.807, 2.05) is 0 Å². The largest absolute Gasteiger partial charge is 0.497 e. The van der Waals surface area contributed by atoms with Crippen LogP contribution in [0.15, 0.2) is 18.2 Å². The Morgan fingerprint density at radius 2 is 1.89 bits per heavy atom. The van der Waals surface area contributed by atoms with E-state index in [0.717, 1.165) is 26.2 Å².